The Morgan fingerprint density at radius 3 is 2.86 bits per heavy atom. The molecule has 1 fully saturated rings. The van der Waals surface area contributed by atoms with Gasteiger partial charge in [0.15, 0.2) is 0 Å². The lowest BCUT2D eigenvalue weighted by atomic mass is 9.82. The van der Waals surface area contributed by atoms with Gasteiger partial charge in [-0.2, -0.15) is 0 Å². The number of anilines is 1. The van der Waals surface area contributed by atoms with Crippen LogP contribution in [0.15, 0.2) is 16.7 Å². The van der Waals surface area contributed by atoms with Crippen LogP contribution in [0.25, 0.3) is 0 Å². The fraction of sp³-hybridized carbons (Fsp3) is 0.600. The first-order valence-corrected chi connectivity index (χ1v) is 8.09. The third-order valence-electron chi connectivity index (χ3n) is 3.82. The van der Waals surface area contributed by atoms with Gasteiger partial charge in [0.2, 0.25) is 0 Å². The van der Waals surface area contributed by atoms with Crippen molar-refractivity contribution in [3.05, 3.63) is 22.3 Å². The van der Waals surface area contributed by atoms with Gasteiger partial charge in [-0.15, -0.1) is 0 Å². The summed E-state index contributed by atoms with van der Waals surface area (Å²) in [4.78, 5) is 16.7. The van der Waals surface area contributed by atoms with E-state index in [-0.39, 0.29) is 11.3 Å². The number of ether oxygens (including phenoxy) is 1. The van der Waals surface area contributed by atoms with Gasteiger partial charge < -0.3 is 15.4 Å². The zero-order valence-electron chi connectivity index (χ0n) is 12.5. The van der Waals surface area contributed by atoms with Gasteiger partial charge in [0.05, 0.1) is 5.56 Å². The van der Waals surface area contributed by atoms with Crippen molar-refractivity contribution in [2.45, 2.75) is 26.7 Å². The zero-order chi connectivity index (χ0) is 15.3. The van der Waals surface area contributed by atoms with Crippen molar-refractivity contribution in [1.82, 2.24) is 10.3 Å². The first-order valence-electron chi connectivity index (χ1n) is 7.29. The predicted octanol–water partition coefficient (Wildman–Crippen LogP) is 2.82. The van der Waals surface area contributed by atoms with Crippen molar-refractivity contribution in [2.75, 3.05) is 31.6 Å². The number of hydrogen-bond donors (Lipinski definition) is 2. The fourth-order valence-electron chi connectivity index (χ4n) is 2.35. The lowest BCUT2D eigenvalue weighted by Crippen LogP contribution is -2.39. The van der Waals surface area contributed by atoms with Crippen LogP contribution in [-0.2, 0) is 4.74 Å². The van der Waals surface area contributed by atoms with Gasteiger partial charge in [-0.05, 0) is 47.2 Å². The molecule has 1 aromatic heterocycles. The Morgan fingerprint density at radius 1 is 1.48 bits per heavy atom. The first-order chi connectivity index (χ1) is 10.0. The molecule has 116 valence electrons. The van der Waals surface area contributed by atoms with Crippen LogP contribution in [0.3, 0.4) is 0 Å². The van der Waals surface area contributed by atoms with E-state index in [0.717, 1.165) is 37.1 Å². The predicted molar refractivity (Wildman–Crippen MR) is 86.6 cm³/mol. The topological polar surface area (TPSA) is 63.2 Å². The molecule has 2 rings (SSSR count). The monoisotopic (exact) mass is 355 g/mol. The molecule has 0 saturated carbocycles. The molecule has 0 atom stereocenters. The molecule has 1 saturated heterocycles. The van der Waals surface area contributed by atoms with Crippen molar-refractivity contribution in [1.29, 1.82) is 0 Å². The standard InChI is InChI=1S/C15H22BrN3O2/c1-3-17-13-12(8-11(16)9-18-13)14(20)19-10-15(2)4-6-21-7-5-15/h8-9H,3-7,10H2,1-2H3,(H,17,18)(H,19,20). The highest BCUT2D eigenvalue weighted by molar-refractivity contribution is 9.10. The lowest BCUT2D eigenvalue weighted by Gasteiger charge is -2.33. The highest BCUT2D eigenvalue weighted by Gasteiger charge is 2.28. The molecule has 5 nitrogen and oxygen atoms in total. The molecule has 0 aliphatic carbocycles. The molecule has 21 heavy (non-hydrogen) atoms. The quantitative estimate of drug-likeness (QED) is 0.852. The average molecular weight is 356 g/mol. The molecule has 0 aromatic carbocycles. The number of carbonyl (C=O) groups is 1. The van der Waals surface area contributed by atoms with E-state index < -0.39 is 0 Å². The van der Waals surface area contributed by atoms with Crippen molar-refractivity contribution in [2.24, 2.45) is 5.41 Å². The van der Waals surface area contributed by atoms with Gasteiger partial charge in [0.25, 0.3) is 5.91 Å². The van der Waals surface area contributed by atoms with E-state index in [2.05, 4.69) is 38.5 Å². The summed E-state index contributed by atoms with van der Waals surface area (Å²) in [5, 5.41) is 6.16. The lowest BCUT2D eigenvalue weighted by molar-refractivity contribution is 0.0238. The van der Waals surface area contributed by atoms with E-state index in [4.69, 9.17) is 4.74 Å². The Balaban J connectivity index is 2.04. The summed E-state index contributed by atoms with van der Waals surface area (Å²) in [5.74, 6) is 0.530. The Bertz CT molecular complexity index is 502. The van der Waals surface area contributed by atoms with Crippen LogP contribution in [0.2, 0.25) is 0 Å². The van der Waals surface area contributed by atoms with Crippen molar-refractivity contribution < 1.29 is 9.53 Å². The Morgan fingerprint density at radius 2 is 2.19 bits per heavy atom. The van der Waals surface area contributed by atoms with Crippen molar-refractivity contribution in [3.8, 4) is 0 Å². The van der Waals surface area contributed by atoms with Crippen LogP contribution in [0, 0.1) is 5.41 Å². The largest absolute Gasteiger partial charge is 0.381 e. The third kappa shape index (κ3) is 4.41. The Hall–Kier alpha value is -1.14. The normalized spacial score (nSPS) is 17.3. The van der Waals surface area contributed by atoms with E-state index in [1.54, 1.807) is 12.3 Å². The molecule has 6 heteroatoms. The maximum absolute atomic E-state index is 12.4. The summed E-state index contributed by atoms with van der Waals surface area (Å²) >= 11 is 3.37. The molecule has 2 N–H and O–H groups in total. The molecule has 0 radical (unpaired) electrons. The maximum atomic E-state index is 12.4. The van der Waals surface area contributed by atoms with E-state index in [9.17, 15) is 4.79 Å². The molecule has 1 aliphatic rings. The third-order valence-corrected chi connectivity index (χ3v) is 4.25. The molecular formula is C15H22BrN3O2. The number of pyridine rings is 1. The smallest absolute Gasteiger partial charge is 0.255 e. The SMILES string of the molecule is CCNc1ncc(Br)cc1C(=O)NCC1(C)CCOCC1. The van der Waals surface area contributed by atoms with Crippen molar-refractivity contribution in [3.63, 3.8) is 0 Å². The van der Waals surface area contributed by atoms with Crippen LogP contribution in [0.4, 0.5) is 5.82 Å². The molecule has 2 heterocycles. The second-order valence-corrected chi connectivity index (χ2v) is 6.60. The van der Waals surface area contributed by atoms with Crippen LogP contribution < -0.4 is 10.6 Å². The van der Waals surface area contributed by atoms with E-state index in [1.807, 2.05) is 6.92 Å². The molecule has 0 bridgehead atoms. The first kappa shape index (κ1) is 16.2. The minimum atomic E-state index is -0.0903. The molecule has 1 aliphatic heterocycles. The summed E-state index contributed by atoms with van der Waals surface area (Å²) in [5.41, 5.74) is 0.688. The molecule has 0 unspecified atom stereocenters. The average Bonchev–Trinajstić information content (AvgIpc) is 2.48. The van der Waals surface area contributed by atoms with E-state index in [1.165, 1.54) is 0 Å². The Labute approximate surface area is 134 Å². The van der Waals surface area contributed by atoms with Gasteiger partial charge in [-0.25, -0.2) is 4.98 Å². The van der Waals surface area contributed by atoms with Crippen LogP contribution >= 0.6 is 15.9 Å². The molecule has 1 aromatic rings. The number of rotatable bonds is 5. The number of carbonyl (C=O) groups excluding carboxylic acids is 1. The number of amides is 1. The zero-order valence-corrected chi connectivity index (χ0v) is 14.1. The molecule has 0 spiro atoms. The van der Waals surface area contributed by atoms with Gasteiger partial charge in [-0.1, -0.05) is 6.92 Å². The minimum absolute atomic E-state index is 0.0903. The summed E-state index contributed by atoms with van der Waals surface area (Å²) in [6, 6.07) is 1.80. The number of halogens is 1. The van der Waals surface area contributed by atoms with E-state index >= 15 is 0 Å². The summed E-state index contributed by atoms with van der Waals surface area (Å²) in [6.07, 6.45) is 3.64. The van der Waals surface area contributed by atoms with Gasteiger partial charge in [0.1, 0.15) is 5.82 Å². The number of aromatic nitrogens is 1. The molecule has 1 amide bonds. The minimum Gasteiger partial charge on any atom is -0.381 e. The van der Waals surface area contributed by atoms with Gasteiger partial charge in [0, 0.05) is 37.0 Å². The number of nitrogens with zero attached hydrogens (tertiary/aromatic N) is 1. The van der Waals surface area contributed by atoms with Crippen molar-refractivity contribution >= 4 is 27.7 Å². The Kier molecular flexibility index (Phi) is 5.58. The second kappa shape index (κ2) is 7.22. The van der Waals surface area contributed by atoms with E-state index in [0.29, 0.717) is 17.9 Å². The van der Waals surface area contributed by atoms with Gasteiger partial charge in [-0.3, -0.25) is 4.79 Å². The van der Waals surface area contributed by atoms with Crippen LogP contribution in [0.5, 0.6) is 0 Å². The summed E-state index contributed by atoms with van der Waals surface area (Å²) in [6.45, 7) is 7.10. The highest BCUT2D eigenvalue weighted by atomic mass is 79.9. The van der Waals surface area contributed by atoms with Crippen LogP contribution in [0.1, 0.15) is 37.0 Å². The number of nitrogens with one attached hydrogen (secondary N) is 2. The maximum Gasteiger partial charge on any atom is 0.255 e. The summed E-state index contributed by atoms with van der Waals surface area (Å²) in [7, 11) is 0. The van der Waals surface area contributed by atoms with Crippen LogP contribution in [-0.4, -0.2) is 37.2 Å². The second-order valence-electron chi connectivity index (χ2n) is 5.69. The number of hydrogen-bond acceptors (Lipinski definition) is 4. The summed E-state index contributed by atoms with van der Waals surface area (Å²) < 4.78 is 6.18. The molecular weight excluding hydrogens is 334 g/mol. The highest BCUT2D eigenvalue weighted by Crippen LogP contribution is 2.29. The van der Waals surface area contributed by atoms with Gasteiger partial charge >= 0.3 is 0 Å². The fourth-order valence-corrected chi connectivity index (χ4v) is 2.68.